The van der Waals surface area contributed by atoms with Crippen molar-refractivity contribution in [3.8, 4) is 5.75 Å². The molecule has 20 heavy (non-hydrogen) atoms. The minimum Gasteiger partial charge on any atom is -0.495 e. The number of carbonyl (C=O) groups is 1. The smallest absolute Gasteiger partial charge is 0.321 e. The van der Waals surface area contributed by atoms with Crippen LogP contribution in [0.1, 0.15) is 6.42 Å². The van der Waals surface area contributed by atoms with Crippen LogP contribution in [-0.4, -0.2) is 44.2 Å². The van der Waals surface area contributed by atoms with Crippen LogP contribution in [0.4, 0.5) is 10.5 Å². The molecule has 0 saturated carbocycles. The lowest BCUT2D eigenvalue weighted by atomic mass is 9.89. The number of anilines is 1. The van der Waals surface area contributed by atoms with Gasteiger partial charge in [-0.1, -0.05) is 12.1 Å². The number of piperidine rings is 1. The summed E-state index contributed by atoms with van der Waals surface area (Å²) in [5.74, 6) is 2.04. The Kier molecular flexibility index (Phi) is 3.78. The third-order valence-corrected chi connectivity index (χ3v) is 4.34. The van der Waals surface area contributed by atoms with Crippen LogP contribution in [0.25, 0.3) is 0 Å². The third-order valence-electron chi connectivity index (χ3n) is 4.34. The number of nitrogens with one attached hydrogen (secondary N) is 2. The molecule has 2 N–H and O–H groups in total. The molecule has 2 atom stereocenters. The van der Waals surface area contributed by atoms with Crippen molar-refractivity contribution in [1.82, 2.24) is 10.2 Å². The molecule has 2 saturated heterocycles. The molecule has 3 rings (SSSR count). The molecule has 1 aromatic rings. The summed E-state index contributed by atoms with van der Waals surface area (Å²) in [6.45, 7) is 3.82. The van der Waals surface area contributed by atoms with Gasteiger partial charge >= 0.3 is 6.03 Å². The number of hydrogen-bond acceptors (Lipinski definition) is 3. The van der Waals surface area contributed by atoms with Crippen molar-refractivity contribution in [2.24, 2.45) is 11.8 Å². The highest BCUT2D eigenvalue weighted by molar-refractivity contribution is 5.91. The van der Waals surface area contributed by atoms with Gasteiger partial charge in [0.25, 0.3) is 0 Å². The number of carbonyl (C=O) groups excluding carboxylic acids is 1. The van der Waals surface area contributed by atoms with E-state index in [2.05, 4.69) is 10.6 Å². The first-order valence-electron chi connectivity index (χ1n) is 7.17. The lowest BCUT2D eigenvalue weighted by Gasteiger charge is -2.34. The van der Waals surface area contributed by atoms with Crippen molar-refractivity contribution in [2.75, 3.05) is 38.6 Å². The molecule has 1 aromatic carbocycles. The van der Waals surface area contributed by atoms with Crippen molar-refractivity contribution in [3.63, 3.8) is 0 Å². The van der Waals surface area contributed by atoms with E-state index in [0.29, 0.717) is 11.7 Å². The van der Waals surface area contributed by atoms with Crippen molar-refractivity contribution < 1.29 is 9.53 Å². The van der Waals surface area contributed by atoms with Gasteiger partial charge in [0, 0.05) is 13.1 Å². The number of urea groups is 1. The Morgan fingerprint density at radius 3 is 3.00 bits per heavy atom. The summed E-state index contributed by atoms with van der Waals surface area (Å²) in [5, 5.41) is 6.37. The van der Waals surface area contributed by atoms with E-state index in [1.807, 2.05) is 29.2 Å². The molecule has 0 radical (unpaired) electrons. The fourth-order valence-electron chi connectivity index (χ4n) is 3.16. The van der Waals surface area contributed by atoms with E-state index >= 15 is 0 Å². The van der Waals surface area contributed by atoms with Crippen molar-refractivity contribution in [2.45, 2.75) is 6.42 Å². The van der Waals surface area contributed by atoms with Crippen LogP contribution in [0.2, 0.25) is 0 Å². The second-order valence-corrected chi connectivity index (χ2v) is 5.54. The molecule has 2 amide bonds. The molecule has 0 bridgehead atoms. The van der Waals surface area contributed by atoms with Crippen molar-refractivity contribution in [1.29, 1.82) is 0 Å². The average Bonchev–Trinajstić information content (AvgIpc) is 2.95. The van der Waals surface area contributed by atoms with Gasteiger partial charge < -0.3 is 20.3 Å². The van der Waals surface area contributed by atoms with Gasteiger partial charge in [0.05, 0.1) is 12.8 Å². The first-order valence-corrected chi connectivity index (χ1v) is 7.17. The number of ether oxygens (including phenoxy) is 1. The monoisotopic (exact) mass is 275 g/mol. The van der Waals surface area contributed by atoms with Crippen LogP contribution in [0.3, 0.4) is 0 Å². The second kappa shape index (κ2) is 5.71. The standard InChI is InChI=1S/C15H21N3O2/c1-20-14-5-3-2-4-13(14)17-15(19)18-7-6-11-8-16-9-12(11)10-18/h2-5,11-12,16H,6-10H2,1H3,(H,17,19). The lowest BCUT2D eigenvalue weighted by molar-refractivity contribution is 0.161. The Labute approximate surface area is 119 Å². The van der Waals surface area contributed by atoms with Gasteiger partial charge in [-0.15, -0.1) is 0 Å². The van der Waals surface area contributed by atoms with Gasteiger partial charge in [-0.2, -0.15) is 0 Å². The van der Waals surface area contributed by atoms with E-state index in [-0.39, 0.29) is 6.03 Å². The van der Waals surface area contributed by atoms with Gasteiger partial charge in [-0.05, 0) is 43.5 Å². The van der Waals surface area contributed by atoms with Gasteiger partial charge in [0.1, 0.15) is 5.75 Å². The molecule has 0 aromatic heterocycles. The zero-order chi connectivity index (χ0) is 13.9. The summed E-state index contributed by atoms with van der Waals surface area (Å²) in [7, 11) is 1.61. The number of amides is 2. The molecule has 108 valence electrons. The number of benzene rings is 1. The van der Waals surface area contributed by atoms with E-state index in [0.717, 1.165) is 44.2 Å². The molecule has 5 nitrogen and oxygen atoms in total. The molecule has 2 fully saturated rings. The summed E-state index contributed by atoms with van der Waals surface area (Å²) >= 11 is 0. The number of para-hydroxylation sites is 2. The predicted octanol–water partition coefficient (Wildman–Crippen LogP) is 1.77. The summed E-state index contributed by atoms with van der Waals surface area (Å²) in [5.41, 5.74) is 0.728. The molecule has 2 heterocycles. The summed E-state index contributed by atoms with van der Waals surface area (Å²) < 4.78 is 5.26. The predicted molar refractivity (Wildman–Crippen MR) is 78.1 cm³/mol. The number of likely N-dealkylation sites (tertiary alicyclic amines) is 1. The second-order valence-electron chi connectivity index (χ2n) is 5.54. The highest BCUT2D eigenvalue weighted by atomic mass is 16.5. The molecular weight excluding hydrogens is 254 g/mol. The van der Waals surface area contributed by atoms with Gasteiger partial charge in [0.15, 0.2) is 0 Å². The van der Waals surface area contributed by atoms with Gasteiger partial charge in [0.2, 0.25) is 0 Å². The van der Waals surface area contributed by atoms with E-state index in [9.17, 15) is 4.79 Å². The number of methoxy groups -OCH3 is 1. The molecule has 5 heteroatoms. The van der Waals surface area contributed by atoms with Gasteiger partial charge in [-0.3, -0.25) is 0 Å². The van der Waals surface area contributed by atoms with Crippen LogP contribution in [-0.2, 0) is 0 Å². The minimum absolute atomic E-state index is 0.0279. The lowest BCUT2D eigenvalue weighted by Crippen LogP contribution is -2.45. The van der Waals surface area contributed by atoms with Crippen molar-refractivity contribution >= 4 is 11.7 Å². The molecule has 2 unspecified atom stereocenters. The largest absolute Gasteiger partial charge is 0.495 e. The van der Waals surface area contributed by atoms with Crippen molar-refractivity contribution in [3.05, 3.63) is 24.3 Å². The van der Waals surface area contributed by atoms with Crippen LogP contribution in [0, 0.1) is 11.8 Å². The zero-order valence-electron chi connectivity index (χ0n) is 11.8. The summed E-state index contributed by atoms with van der Waals surface area (Å²) in [6, 6.07) is 7.47. The highest BCUT2D eigenvalue weighted by Gasteiger charge is 2.34. The highest BCUT2D eigenvalue weighted by Crippen LogP contribution is 2.28. The maximum absolute atomic E-state index is 12.4. The van der Waals surface area contributed by atoms with Crippen LogP contribution in [0.5, 0.6) is 5.75 Å². The quantitative estimate of drug-likeness (QED) is 0.865. The average molecular weight is 275 g/mol. The first-order chi connectivity index (χ1) is 9.78. The third kappa shape index (κ3) is 2.58. The van der Waals surface area contributed by atoms with Crippen LogP contribution >= 0.6 is 0 Å². The number of hydrogen-bond donors (Lipinski definition) is 2. The molecule has 2 aliphatic rings. The Hall–Kier alpha value is -1.75. The number of rotatable bonds is 2. The fourth-order valence-corrected chi connectivity index (χ4v) is 3.16. The maximum atomic E-state index is 12.4. The van der Waals surface area contributed by atoms with Gasteiger partial charge in [-0.25, -0.2) is 4.79 Å². The van der Waals surface area contributed by atoms with Crippen LogP contribution < -0.4 is 15.4 Å². The first kappa shape index (κ1) is 13.2. The topological polar surface area (TPSA) is 53.6 Å². The SMILES string of the molecule is COc1ccccc1NC(=O)N1CCC2CNCC2C1. The van der Waals surface area contributed by atoms with E-state index in [4.69, 9.17) is 4.74 Å². The Morgan fingerprint density at radius 1 is 1.35 bits per heavy atom. The molecule has 2 aliphatic heterocycles. The Bertz CT molecular complexity index is 492. The Morgan fingerprint density at radius 2 is 2.15 bits per heavy atom. The Balaban J connectivity index is 1.64. The maximum Gasteiger partial charge on any atom is 0.321 e. The summed E-state index contributed by atoms with van der Waals surface area (Å²) in [6.07, 6.45) is 1.09. The molecular formula is C15H21N3O2. The minimum atomic E-state index is -0.0279. The zero-order valence-corrected chi connectivity index (χ0v) is 11.8. The van der Waals surface area contributed by atoms with Crippen LogP contribution in [0.15, 0.2) is 24.3 Å². The van der Waals surface area contributed by atoms with E-state index in [1.54, 1.807) is 7.11 Å². The number of fused-ring (bicyclic) bond motifs is 1. The molecule has 0 aliphatic carbocycles. The summed E-state index contributed by atoms with van der Waals surface area (Å²) in [4.78, 5) is 14.3. The van der Waals surface area contributed by atoms with E-state index in [1.165, 1.54) is 0 Å². The normalized spacial score (nSPS) is 25.1. The van der Waals surface area contributed by atoms with E-state index < -0.39 is 0 Å². The fraction of sp³-hybridized carbons (Fsp3) is 0.533. The number of nitrogens with zero attached hydrogens (tertiary/aromatic N) is 1. The molecule has 0 spiro atoms.